The van der Waals surface area contributed by atoms with Crippen molar-refractivity contribution in [2.75, 3.05) is 4.90 Å². The van der Waals surface area contributed by atoms with E-state index in [4.69, 9.17) is 4.74 Å². The number of hydrogen-bond acceptors (Lipinski definition) is 2. The quantitative estimate of drug-likeness (QED) is 0.165. The smallest absolute Gasteiger partial charge is 0.132 e. The highest BCUT2D eigenvalue weighted by molar-refractivity contribution is 5.96. The summed E-state index contributed by atoms with van der Waals surface area (Å²) in [6.45, 7) is 4.74. The van der Waals surface area contributed by atoms with Crippen molar-refractivity contribution in [3.63, 3.8) is 0 Å². The van der Waals surface area contributed by atoms with Gasteiger partial charge in [0.05, 0.1) is 11.1 Å². The van der Waals surface area contributed by atoms with E-state index in [1.807, 2.05) is 0 Å². The van der Waals surface area contributed by atoms with E-state index in [0.29, 0.717) is 0 Å². The van der Waals surface area contributed by atoms with Gasteiger partial charge in [-0.15, -0.1) is 0 Å². The second-order valence-electron chi connectivity index (χ2n) is 18.4. The molecule has 66 heavy (non-hydrogen) atoms. The van der Waals surface area contributed by atoms with Gasteiger partial charge in [0.25, 0.3) is 0 Å². The van der Waals surface area contributed by atoms with Gasteiger partial charge < -0.3 is 9.64 Å². The van der Waals surface area contributed by atoms with Crippen molar-refractivity contribution >= 4 is 17.1 Å². The van der Waals surface area contributed by atoms with Gasteiger partial charge >= 0.3 is 0 Å². The molecular weight excluding hydrogens is 799 g/mol. The van der Waals surface area contributed by atoms with E-state index in [-0.39, 0.29) is 5.41 Å². The first-order chi connectivity index (χ1) is 32.5. The summed E-state index contributed by atoms with van der Waals surface area (Å²) < 4.78 is 6.74. The molecule has 0 radical (unpaired) electrons. The van der Waals surface area contributed by atoms with E-state index in [2.05, 4.69) is 255 Å². The van der Waals surface area contributed by atoms with Crippen molar-refractivity contribution in [3.8, 4) is 67.1 Å². The van der Waals surface area contributed by atoms with Crippen LogP contribution in [-0.2, 0) is 10.8 Å². The third-order valence-corrected chi connectivity index (χ3v) is 14.6. The van der Waals surface area contributed by atoms with E-state index < -0.39 is 5.41 Å². The Labute approximate surface area is 386 Å². The predicted octanol–water partition coefficient (Wildman–Crippen LogP) is 16.9. The van der Waals surface area contributed by atoms with Gasteiger partial charge in [-0.1, -0.05) is 202 Å². The zero-order chi connectivity index (χ0) is 44.0. The standard InChI is InChI=1S/C64H45NO/c1-63(2)54-27-13-11-25-49(54)51-36-34-45(40-58(51)63)65(60-38-33-44(39-53(60)43-21-7-4-8-22-43)48-24-10-9-23-47(48)42-19-5-3-6-20-42)46-35-37-52-50-26-12-14-28-55(50)64(59(52)41-46)56-29-15-17-31-61(56)66-62-32-18-16-30-57(62)64/h3-41H,1-2H3. The summed E-state index contributed by atoms with van der Waals surface area (Å²) in [5, 5.41) is 0. The third-order valence-electron chi connectivity index (χ3n) is 14.6. The Balaban J connectivity index is 1.09. The maximum absolute atomic E-state index is 6.74. The predicted molar refractivity (Wildman–Crippen MR) is 272 cm³/mol. The average molecular weight is 844 g/mol. The molecule has 0 saturated heterocycles. The second-order valence-corrected chi connectivity index (χ2v) is 18.4. The van der Waals surface area contributed by atoms with Gasteiger partial charge in [0.1, 0.15) is 11.5 Å². The number of hydrogen-bond donors (Lipinski definition) is 0. The molecule has 0 N–H and O–H groups in total. The van der Waals surface area contributed by atoms with Crippen LogP contribution in [0.5, 0.6) is 11.5 Å². The lowest BCUT2D eigenvalue weighted by Crippen LogP contribution is -2.32. The first-order valence-electron chi connectivity index (χ1n) is 23.0. The molecule has 312 valence electrons. The van der Waals surface area contributed by atoms with E-state index in [9.17, 15) is 0 Å². The van der Waals surface area contributed by atoms with Gasteiger partial charge in [-0.3, -0.25) is 0 Å². The maximum atomic E-state index is 6.74. The molecule has 0 bridgehead atoms. The van der Waals surface area contributed by atoms with Crippen LogP contribution >= 0.6 is 0 Å². The van der Waals surface area contributed by atoms with Crippen molar-refractivity contribution in [2.24, 2.45) is 0 Å². The van der Waals surface area contributed by atoms with Crippen molar-refractivity contribution in [1.82, 2.24) is 0 Å². The molecule has 3 aliphatic rings. The van der Waals surface area contributed by atoms with Crippen LogP contribution < -0.4 is 9.64 Å². The Kier molecular flexibility index (Phi) is 8.51. The van der Waals surface area contributed by atoms with Gasteiger partial charge in [-0.2, -0.15) is 0 Å². The van der Waals surface area contributed by atoms with Crippen LogP contribution in [0, 0.1) is 0 Å². The molecule has 2 nitrogen and oxygen atoms in total. The maximum Gasteiger partial charge on any atom is 0.132 e. The molecule has 10 aromatic carbocycles. The minimum absolute atomic E-state index is 0.181. The molecular formula is C64H45NO. The van der Waals surface area contributed by atoms with Crippen LogP contribution in [0.1, 0.15) is 47.2 Å². The molecule has 13 rings (SSSR count). The molecule has 0 fully saturated rings. The van der Waals surface area contributed by atoms with Gasteiger partial charge in [0, 0.05) is 33.5 Å². The first-order valence-corrected chi connectivity index (χ1v) is 23.0. The largest absolute Gasteiger partial charge is 0.457 e. The van der Waals surface area contributed by atoms with Crippen LogP contribution in [0.2, 0.25) is 0 Å². The summed E-state index contributed by atoms with van der Waals surface area (Å²) in [6.07, 6.45) is 0. The van der Waals surface area contributed by atoms with Crippen molar-refractivity contribution < 1.29 is 4.74 Å². The fraction of sp³-hybridized carbons (Fsp3) is 0.0625. The molecule has 0 amide bonds. The first kappa shape index (κ1) is 38.3. The lowest BCUT2D eigenvalue weighted by molar-refractivity contribution is 0.436. The number of para-hydroxylation sites is 2. The summed E-state index contributed by atoms with van der Waals surface area (Å²) in [6, 6.07) is 87.0. The minimum Gasteiger partial charge on any atom is -0.457 e. The summed E-state index contributed by atoms with van der Waals surface area (Å²) in [4.78, 5) is 2.52. The summed E-state index contributed by atoms with van der Waals surface area (Å²) in [5.74, 6) is 1.78. The minimum atomic E-state index is -0.603. The van der Waals surface area contributed by atoms with Crippen LogP contribution in [0.25, 0.3) is 55.6 Å². The Hall–Kier alpha value is -8.20. The third kappa shape index (κ3) is 5.55. The summed E-state index contributed by atoms with van der Waals surface area (Å²) >= 11 is 0. The molecule has 2 heteroatoms. The highest BCUT2D eigenvalue weighted by Crippen LogP contribution is 2.63. The molecule has 1 aliphatic heterocycles. The lowest BCUT2D eigenvalue weighted by Gasteiger charge is -2.39. The molecule has 2 aliphatic carbocycles. The number of ether oxygens (including phenoxy) is 1. The van der Waals surface area contributed by atoms with Gasteiger partial charge in [-0.25, -0.2) is 0 Å². The van der Waals surface area contributed by atoms with Gasteiger partial charge in [0.15, 0.2) is 0 Å². The zero-order valence-corrected chi connectivity index (χ0v) is 36.9. The number of benzene rings is 10. The Bertz CT molecular complexity index is 3500. The second kappa shape index (κ2) is 14.7. The Morgan fingerprint density at radius 3 is 1.36 bits per heavy atom. The van der Waals surface area contributed by atoms with E-state index >= 15 is 0 Å². The van der Waals surface area contributed by atoms with E-state index in [1.54, 1.807) is 0 Å². The van der Waals surface area contributed by atoms with Crippen LogP contribution in [-0.4, -0.2) is 0 Å². The SMILES string of the molecule is CC1(C)c2ccccc2-c2ccc(N(c3ccc4c(c3)C3(c5ccccc5Oc5ccccc53)c3ccccc3-4)c3ccc(-c4ccccc4-c4ccccc4)cc3-c3ccccc3)cc21. The monoisotopic (exact) mass is 843 g/mol. The van der Waals surface area contributed by atoms with Crippen LogP contribution in [0.3, 0.4) is 0 Å². The normalized spacial score (nSPS) is 14.0. The summed E-state index contributed by atoms with van der Waals surface area (Å²) in [7, 11) is 0. The highest BCUT2D eigenvalue weighted by atomic mass is 16.5. The Morgan fingerprint density at radius 1 is 0.303 bits per heavy atom. The summed E-state index contributed by atoms with van der Waals surface area (Å²) in [5.41, 5.74) is 22.2. The zero-order valence-electron chi connectivity index (χ0n) is 36.9. The van der Waals surface area contributed by atoms with Crippen molar-refractivity contribution in [2.45, 2.75) is 24.7 Å². The van der Waals surface area contributed by atoms with Crippen molar-refractivity contribution in [3.05, 3.63) is 270 Å². The van der Waals surface area contributed by atoms with E-state index in [0.717, 1.165) is 50.8 Å². The fourth-order valence-electron chi connectivity index (χ4n) is 11.6. The van der Waals surface area contributed by atoms with Gasteiger partial charge in [0.2, 0.25) is 0 Å². The van der Waals surface area contributed by atoms with Crippen LogP contribution in [0.4, 0.5) is 17.1 Å². The molecule has 0 saturated carbocycles. The molecule has 1 spiro atoms. The Morgan fingerprint density at radius 2 is 0.742 bits per heavy atom. The number of fused-ring (bicyclic) bond motifs is 12. The van der Waals surface area contributed by atoms with E-state index in [1.165, 1.54) is 66.8 Å². The number of rotatable bonds is 6. The highest BCUT2D eigenvalue weighted by Gasteiger charge is 2.51. The topological polar surface area (TPSA) is 12.5 Å². The number of anilines is 3. The molecule has 10 aromatic rings. The molecule has 0 aromatic heterocycles. The fourth-order valence-corrected chi connectivity index (χ4v) is 11.6. The van der Waals surface area contributed by atoms with Gasteiger partial charge in [-0.05, 0) is 121 Å². The number of nitrogens with zero attached hydrogens (tertiary/aromatic N) is 1. The molecule has 0 unspecified atom stereocenters. The van der Waals surface area contributed by atoms with Crippen LogP contribution in [0.15, 0.2) is 237 Å². The lowest BCUT2D eigenvalue weighted by atomic mass is 9.66. The van der Waals surface area contributed by atoms with Crippen molar-refractivity contribution in [1.29, 1.82) is 0 Å². The average Bonchev–Trinajstić information content (AvgIpc) is 3.79. The molecule has 1 heterocycles. The molecule has 0 atom stereocenters.